The predicted octanol–water partition coefficient (Wildman–Crippen LogP) is 3.60. The van der Waals surface area contributed by atoms with Crippen molar-refractivity contribution in [1.29, 1.82) is 0 Å². The molecule has 0 bridgehead atoms. The van der Waals surface area contributed by atoms with Gasteiger partial charge in [-0.1, -0.05) is 13.0 Å². The van der Waals surface area contributed by atoms with Crippen molar-refractivity contribution in [2.75, 3.05) is 38.3 Å². The number of fused-ring (bicyclic) bond motifs is 1. The Hall–Kier alpha value is -3.43. The lowest BCUT2D eigenvalue weighted by Crippen LogP contribution is -2.33. The molecule has 0 radical (unpaired) electrons. The van der Waals surface area contributed by atoms with Crippen LogP contribution in [0.5, 0.6) is 5.75 Å². The molecule has 0 aliphatic carbocycles. The first-order valence-corrected chi connectivity index (χ1v) is 11.5. The molecule has 1 fully saturated rings. The lowest BCUT2D eigenvalue weighted by molar-refractivity contribution is -0.101. The van der Waals surface area contributed by atoms with E-state index in [1.165, 1.54) is 6.07 Å². The number of halogens is 1. The van der Waals surface area contributed by atoms with Crippen molar-refractivity contribution in [3.8, 4) is 17.0 Å². The third kappa shape index (κ3) is 4.36. The van der Waals surface area contributed by atoms with E-state index >= 15 is 0 Å². The summed E-state index contributed by atoms with van der Waals surface area (Å²) in [5.41, 5.74) is 4.54. The molecule has 178 valence electrons. The SMILES string of the molecule is CCc1c(F)cccc1Nc1c(-c2ccncc2OCC2COCCO2)[nH]c2c1C(=O)NCC2. The number of nitrogens with zero attached hydrogens (tertiary/aromatic N) is 1. The predicted molar refractivity (Wildman–Crippen MR) is 125 cm³/mol. The number of hydrogen-bond donors (Lipinski definition) is 3. The van der Waals surface area contributed by atoms with E-state index in [4.69, 9.17) is 14.2 Å². The molecule has 2 aliphatic rings. The minimum Gasteiger partial charge on any atom is -0.488 e. The number of carbonyl (C=O) groups excluding carboxylic acids is 1. The van der Waals surface area contributed by atoms with Crippen LogP contribution in [-0.4, -0.2) is 55.0 Å². The maximum Gasteiger partial charge on any atom is 0.255 e. The second-order valence-corrected chi connectivity index (χ2v) is 8.23. The van der Waals surface area contributed by atoms with Gasteiger partial charge in [0.1, 0.15) is 24.3 Å². The Kier molecular flexibility index (Phi) is 6.46. The molecule has 0 spiro atoms. The van der Waals surface area contributed by atoms with Crippen molar-refractivity contribution in [3.63, 3.8) is 0 Å². The maximum absolute atomic E-state index is 14.5. The minimum atomic E-state index is -0.287. The molecule has 0 saturated carbocycles. The molecule has 4 heterocycles. The average molecular weight is 467 g/mol. The number of aromatic amines is 1. The minimum absolute atomic E-state index is 0.165. The van der Waals surface area contributed by atoms with E-state index in [0.717, 1.165) is 11.3 Å². The molecule has 5 rings (SSSR count). The molecule has 34 heavy (non-hydrogen) atoms. The summed E-state index contributed by atoms with van der Waals surface area (Å²) in [4.78, 5) is 20.5. The van der Waals surface area contributed by atoms with Crippen molar-refractivity contribution >= 4 is 17.3 Å². The van der Waals surface area contributed by atoms with Crippen LogP contribution >= 0.6 is 0 Å². The normalized spacial score (nSPS) is 17.7. The largest absolute Gasteiger partial charge is 0.488 e. The smallest absolute Gasteiger partial charge is 0.255 e. The lowest BCUT2D eigenvalue weighted by atomic mass is 10.0. The van der Waals surface area contributed by atoms with E-state index < -0.39 is 0 Å². The number of aromatic nitrogens is 2. The molecule has 2 aromatic heterocycles. The summed E-state index contributed by atoms with van der Waals surface area (Å²) in [5.74, 6) is 0.0872. The number of rotatable bonds is 7. The van der Waals surface area contributed by atoms with Gasteiger partial charge in [-0.25, -0.2) is 4.39 Å². The second kappa shape index (κ2) is 9.82. The van der Waals surface area contributed by atoms with Gasteiger partial charge in [0.2, 0.25) is 0 Å². The number of benzene rings is 1. The summed E-state index contributed by atoms with van der Waals surface area (Å²) in [5, 5.41) is 6.25. The van der Waals surface area contributed by atoms with Gasteiger partial charge in [0.15, 0.2) is 0 Å². The van der Waals surface area contributed by atoms with Crippen LogP contribution in [-0.2, 0) is 22.3 Å². The van der Waals surface area contributed by atoms with Gasteiger partial charge in [0, 0.05) is 41.7 Å². The lowest BCUT2D eigenvalue weighted by Gasteiger charge is -2.23. The first kappa shape index (κ1) is 22.4. The highest BCUT2D eigenvalue weighted by Gasteiger charge is 2.29. The number of pyridine rings is 1. The van der Waals surface area contributed by atoms with Crippen molar-refractivity contribution in [1.82, 2.24) is 15.3 Å². The number of anilines is 2. The van der Waals surface area contributed by atoms with Crippen molar-refractivity contribution < 1.29 is 23.4 Å². The zero-order chi connectivity index (χ0) is 23.5. The number of H-pyrrole nitrogens is 1. The first-order valence-electron chi connectivity index (χ1n) is 11.5. The van der Waals surface area contributed by atoms with Gasteiger partial charge in [-0.15, -0.1) is 0 Å². The van der Waals surface area contributed by atoms with Crippen molar-refractivity contribution in [2.45, 2.75) is 25.9 Å². The van der Waals surface area contributed by atoms with Crippen LogP contribution < -0.4 is 15.4 Å². The first-order chi connectivity index (χ1) is 16.7. The Balaban J connectivity index is 1.55. The van der Waals surface area contributed by atoms with E-state index in [0.29, 0.717) is 79.8 Å². The van der Waals surface area contributed by atoms with Gasteiger partial charge in [0.25, 0.3) is 5.91 Å². The Labute approximate surface area is 196 Å². The van der Waals surface area contributed by atoms with E-state index in [1.54, 1.807) is 18.5 Å². The molecule has 3 aromatic rings. The van der Waals surface area contributed by atoms with Crippen molar-refractivity contribution in [2.24, 2.45) is 0 Å². The van der Waals surface area contributed by atoms with Gasteiger partial charge in [-0.3, -0.25) is 9.78 Å². The van der Waals surface area contributed by atoms with E-state index in [-0.39, 0.29) is 17.8 Å². The quantitative estimate of drug-likeness (QED) is 0.492. The van der Waals surface area contributed by atoms with Crippen LogP contribution in [0.1, 0.15) is 28.5 Å². The van der Waals surface area contributed by atoms with E-state index in [1.807, 2.05) is 19.1 Å². The second-order valence-electron chi connectivity index (χ2n) is 8.23. The van der Waals surface area contributed by atoms with E-state index in [9.17, 15) is 9.18 Å². The van der Waals surface area contributed by atoms with Crippen LogP contribution in [0.2, 0.25) is 0 Å². The number of hydrogen-bond acceptors (Lipinski definition) is 6. The molecule has 1 unspecified atom stereocenters. The van der Waals surface area contributed by atoms with Gasteiger partial charge in [0.05, 0.1) is 43.0 Å². The molecule has 1 amide bonds. The Morgan fingerprint density at radius 2 is 2.21 bits per heavy atom. The summed E-state index contributed by atoms with van der Waals surface area (Å²) >= 11 is 0. The molecule has 1 aromatic carbocycles. The maximum atomic E-state index is 14.5. The third-order valence-corrected chi connectivity index (χ3v) is 6.06. The van der Waals surface area contributed by atoms with Crippen LogP contribution in [0, 0.1) is 5.82 Å². The van der Waals surface area contributed by atoms with Crippen LogP contribution in [0.15, 0.2) is 36.7 Å². The highest BCUT2D eigenvalue weighted by molar-refractivity contribution is 6.06. The number of amides is 1. The monoisotopic (exact) mass is 466 g/mol. The standard InChI is InChI=1S/C25H27FN4O4/c1-2-16-18(26)4-3-5-19(16)29-24-22-20(7-9-28-25(22)31)30-23(24)17-6-8-27-12-21(17)34-14-15-13-32-10-11-33-15/h3-6,8,12,15,29-30H,2,7,9-11,13-14H2,1H3,(H,28,31). The highest BCUT2D eigenvalue weighted by atomic mass is 19.1. The summed E-state index contributed by atoms with van der Waals surface area (Å²) in [6.07, 6.45) is 4.32. The van der Waals surface area contributed by atoms with Crippen LogP contribution in [0.4, 0.5) is 15.8 Å². The average Bonchev–Trinajstić information content (AvgIpc) is 3.23. The van der Waals surface area contributed by atoms with Crippen LogP contribution in [0.3, 0.4) is 0 Å². The molecule has 3 N–H and O–H groups in total. The summed E-state index contributed by atoms with van der Waals surface area (Å²) in [7, 11) is 0. The zero-order valence-corrected chi connectivity index (χ0v) is 18.9. The Bertz CT molecular complexity index is 1190. The third-order valence-electron chi connectivity index (χ3n) is 6.06. The molecule has 8 nitrogen and oxygen atoms in total. The molecular weight excluding hydrogens is 439 g/mol. The van der Waals surface area contributed by atoms with Gasteiger partial charge < -0.3 is 29.8 Å². The van der Waals surface area contributed by atoms with E-state index in [2.05, 4.69) is 20.6 Å². The van der Waals surface area contributed by atoms with Crippen LogP contribution in [0.25, 0.3) is 11.3 Å². The Morgan fingerprint density at radius 1 is 1.29 bits per heavy atom. The zero-order valence-electron chi connectivity index (χ0n) is 18.9. The Morgan fingerprint density at radius 3 is 3.03 bits per heavy atom. The fourth-order valence-electron chi connectivity index (χ4n) is 4.39. The summed E-state index contributed by atoms with van der Waals surface area (Å²) in [6, 6.07) is 6.75. The molecular formula is C25H27FN4O4. The van der Waals surface area contributed by atoms with Gasteiger partial charge in [-0.2, -0.15) is 0 Å². The summed E-state index contributed by atoms with van der Waals surface area (Å²) in [6.45, 7) is 4.35. The number of ether oxygens (including phenoxy) is 3. The van der Waals surface area contributed by atoms with Gasteiger partial charge in [-0.05, 0) is 24.6 Å². The number of nitrogens with one attached hydrogen (secondary N) is 3. The topological polar surface area (TPSA) is 97.5 Å². The van der Waals surface area contributed by atoms with Gasteiger partial charge >= 0.3 is 0 Å². The summed E-state index contributed by atoms with van der Waals surface area (Å²) < 4.78 is 31.7. The number of carbonyl (C=O) groups is 1. The fraction of sp³-hybridized carbons (Fsp3) is 0.360. The molecule has 1 saturated heterocycles. The van der Waals surface area contributed by atoms with Crippen molar-refractivity contribution in [3.05, 3.63) is 59.3 Å². The molecule has 2 aliphatic heterocycles. The highest BCUT2D eigenvalue weighted by Crippen LogP contribution is 2.41. The molecule has 9 heteroatoms. The molecule has 1 atom stereocenters. The fourth-order valence-corrected chi connectivity index (χ4v) is 4.39.